The van der Waals surface area contributed by atoms with Gasteiger partial charge in [0.2, 0.25) is 5.56 Å². The number of amides is 1. The number of nitrogens with two attached hydrogens (primary N) is 1. The normalized spacial score (nSPS) is 10.2. The molecule has 4 N–H and O–H groups in total. The van der Waals surface area contributed by atoms with Crippen LogP contribution in [-0.4, -0.2) is 37.2 Å². The minimum absolute atomic E-state index is 0.208. The zero-order chi connectivity index (χ0) is 12.5. The van der Waals surface area contributed by atoms with E-state index in [9.17, 15) is 9.59 Å². The predicted octanol–water partition coefficient (Wildman–Crippen LogP) is -0.530. The highest BCUT2D eigenvalue weighted by molar-refractivity contribution is 5.93. The topological polar surface area (TPSA) is 97.2 Å². The number of aromatic nitrogens is 1. The van der Waals surface area contributed by atoms with Crippen LogP contribution in [0.4, 0.5) is 0 Å². The van der Waals surface area contributed by atoms with Crippen LogP contribution in [0.25, 0.3) is 0 Å². The van der Waals surface area contributed by atoms with Gasteiger partial charge in [0.05, 0.1) is 12.2 Å². The van der Waals surface area contributed by atoms with Crippen molar-refractivity contribution >= 4 is 5.91 Å². The molecular weight excluding hydrogens is 222 g/mol. The molecule has 0 spiro atoms. The molecule has 6 nitrogen and oxygen atoms in total. The van der Waals surface area contributed by atoms with Crippen LogP contribution in [0.15, 0.2) is 23.1 Å². The third-order valence-electron chi connectivity index (χ3n) is 2.06. The molecule has 0 aliphatic rings. The van der Waals surface area contributed by atoms with Gasteiger partial charge < -0.3 is 20.8 Å². The second-order valence-corrected chi connectivity index (χ2v) is 3.45. The Morgan fingerprint density at radius 3 is 2.88 bits per heavy atom. The third kappa shape index (κ3) is 5.28. The van der Waals surface area contributed by atoms with Gasteiger partial charge in [-0.05, 0) is 12.5 Å². The highest BCUT2D eigenvalue weighted by atomic mass is 16.5. The van der Waals surface area contributed by atoms with Crippen LogP contribution in [-0.2, 0) is 4.74 Å². The maximum absolute atomic E-state index is 11.6. The molecule has 0 atom stereocenters. The van der Waals surface area contributed by atoms with E-state index in [0.717, 1.165) is 6.42 Å². The predicted molar refractivity (Wildman–Crippen MR) is 63.9 cm³/mol. The standard InChI is InChI=1S/C11H17N3O3/c12-4-7-17-6-1-5-13-11(16)9-2-3-10(15)14-8-9/h2-3,8H,1,4-7,12H2,(H,13,16)(H,14,15). The zero-order valence-corrected chi connectivity index (χ0v) is 9.57. The van der Waals surface area contributed by atoms with Crippen molar-refractivity contribution in [1.82, 2.24) is 10.3 Å². The van der Waals surface area contributed by atoms with Crippen LogP contribution < -0.4 is 16.6 Å². The summed E-state index contributed by atoms with van der Waals surface area (Å²) in [5.41, 5.74) is 5.47. The summed E-state index contributed by atoms with van der Waals surface area (Å²) >= 11 is 0. The minimum Gasteiger partial charge on any atom is -0.380 e. The van der Waals surface area contributed by atoms with E-state index >= 15 is 0 Å². The number of carbonyl (C=O) groups excluding carboxylic acids is 1. The number of nitrogens with one attached hydrogen (secondary N) is 2. The number of carbonyl (C=O) groups is 1. The van der Waals surface area contributed by atoms with Gasteiger partial charge in [-0.15, -0.1) is 0 Å². The largest absolute Gasteiger partial charge is 0.380 e. The molecule has 6 heteroatoms. The summed E-state index contributed by atoms with van der Waals surface area (Å²) in [7, 11) is 0. The van der Waals surface area contributed by atoms with Crippen LogP contribution in [0.1, 0.15) is 16.8 Å². The second-order valence-electron chi connectivity index (χ2n) is 3.45. The summed E-state index contributed by atoms with van der Waals surface area (Å²) in [5.74, 6) is -0.208. The quantitative estimate of drug-likeness (QED) is 0.557. The first kappa shape index (κ1) is 13.4. The second kappa shape index (κ2) is 7.59. The van der Waals surface area contributed by atoms with Crippen molar-refractivity contribution in [2.45, 2.75) is 6.42 Å². The van der Waals surface area contributed by atoms with E-state index in [0.29, 0.717) is 31.9 Å². The van der Waals surface area contributed by atoms with Gasteiger partial charge in [-0.25, -0.2) is 0 Å². The van der Waals surface area contributed by atoms with Gasteiger partial charge in [-0.2, -0.15) is 0 Å². The average molecular weight is 239 g/mol. The Morgan fingerprint density at radius 1 is 1.41 bits per heavy atom. The van der Waals surface area contributed by atoms with Crippen molar-refractivity contribution in [3.8, 4) is 0 Å². The molecule has 1 rings (SSSR count). The number of pyridine rings is 1. The van der Waals surface area contributed by atoms with Crippen molar-refractivity contribution in [2.24, 2.45) is 5.73 Å². The van der Waals surface area contributed by atoms with Crippen molar-refractivity contribution in [2.75, 3.05) is 26.3 Å². The Balaban J connectivity index is 2.21. The molecule has 0 saturated carbocycles. The van der Waals surface area contributed by atoms with E-state index in [1.54, 1.807) is 0 Å². The molecule has 1 aromatic rings. The number of hydrogen-bond acceptors (Lipinski definition) is 4. The molecular formula is C11H17N3O3. The molecule has 0 aliphatic carbocycles. The number of aromatic amines is 1. The lowest BCUT2D eigenvalue weighted by molar-refractivity contribution is 0.0942. The Kier molecular flexibility index (Phi) is 5.98. The summed E-state index contributed by atoms with van der Waals surface area (Å²) in [6, 6.07) is 2.80. The van der Waals surface area contributed by atoms with Gasteiger partial charge >= 0.3 is 0 Å². The SMILES string of the molecule is NCCOCCCNC(=O)c1ccc(=O)[nH]c1. The molecule has 0 bridgehead atoms. The summed E-state index contributed by atoms with van der Waals surface area (Å²) < 4.78 is 5.16. The van der Waals surface area contributed by atoms with Gasteiger partial charge in [-0.3, -0.25) is 9.59 Å². The molecule has 1 heterocycles. The molecule has 0 unspecified atom stereocenters. The van der Waals surface area contributed by atoms with Crippen LogP contribution in [0.2, 0.25) is 0 Å². The number of rotatable bonds is 7. The van der Waals surface area contributed by atoms with E-state index in [2.05, 4.69) is 10.3 Å². The molecule has 0 aromatic carbocycles. The van der Waals surface area contributed by atoms with E-state index in [1.165, 1.54) is 18.3 Å². The van der Waals surface area contributed by atoms with Gasteiger partial charge in [-0.1, -0.05) is 0 Å². The fourth-order valence-electron chi connectivity index (χ4n) is 1.22. The maximum Gasteiger partial charge on any atom is 0.252 e. The summed E-state index contributed by atoms with van der Waals surface area (Å²) in [4.78, 5) is 24.8. The Morgan fingerprint density at radius 2 is 2.24 bits per heavy atom. The highest BCUT2D eigenvalue weighted by Gasteiger charge is 2.03. The van der Waals surface area contributed by atoms with Crippen LogP contribution in [0.3, 0.4) is 0 Å². The van der Waals surface area contributed by atoms with Crippen molar-refractivity contribution in [3.63, 3.8) is 0 Å². The monoisotopic (exact) mass is 239 g/mol. The fraction of sp³-hybridized carbons (Fsp3) is 0.455. The summed E-state index contributed by atoms with van der Waals surface area (Å²) in [6.45, 7) is 2.14. The third-order valence-corrected chi connectivity index (χ3v) is 2.06. The lowest BCUT2D eigenvalue weighted by atomic mass is 10.2. The first-order valence-corrected chi connectivity index (χ1v) is 5.49. The molecule has 0 aliphatic heterocycles. The van der Waals surface area contributed by atoms with Gasteiger partial charge in [0.25, 0.3) is 5.91 Å². The van der Waals surface area contributed by atoms with E-state index in [1.807, 2.05) is 0 Å². The number of H-pyrrole nitrogens is 1. The summed E-state index contributed by atoms with van der Waals surface area (Å²) in [5, 5.41) is 2.72. The Hall–Kier alpha value is -1.66. The zero-order valence-electron chi connectivity index (χ0n) is 9.57. The number of hydrogen-bond donors (Lipinski definition) is 3. The van der Waals surface area contributed by atoms with Crippen molar-refractivity contribution in [1.29, 1.82) is 0 Å². The molecule has 0 fully saturated rings. The van der Waals surface area contributed by atoms with Crippen LogP contribution >= 0.6 is 0 Å². The van der Waals surface area contributed by atoms with E-state index in [-0.39, 0.29) is 11.5 Å². The first-order valence-electron chi connectivity index (χ1n) is 5.49. The lowest BCUT2D eigenvalue weighted by Crippen LogP contribution is -2.26. The van der Waals surface area contributed by atoms with E-state index in [4.69, 9.17) is 10.5 Å². The Bertz CT molecular complexity index is 383. The summed E-state index contributed by atoms with van der Waals surface area (Å²) in [6.07, 6.45) is 2.12. The molecule has 0 radical (unpaired) electrons. The molecule has 94 valence electrons. The van der Waals surface area contributed by atoms with Gasteiger partial charge in [0, 0.05) is 32.0 Å². The minimum atomic E-state index is -0.225. The van der Waals surface area contributed by atoms with Crippen molar-refractivity contribution < 1.29 is 9.53 Å². The van der Waals surface area contributed by atoms with E-state index < -0.39 is 0 Å². The highest BCUT2D eigenvalue weighted by Crippen LogP contribution is 1.92. The maximum atomic E-state index is 11.6. The van der Waals surface area contributed by atoms with Gasteiger partial charge in [0.15, 0.2) is 0 Å². The van der Waals surface area contributed by atoms with Crippen LogP contribution in [0.5, 0.6) is 0 Å². The average Bonchev–Trinajstić information content (AvgIpc) is 2.34. The molecule has 17 heavy (non-hydrogen) atoms. The lowest BCUT2D eigenvalue weighted by Gasteiger charge is -2.05. The molecule has 1 aromatic heterocycles. The smallest absolute Gasteiger partial charge is 0.252 e. The first-order chi connectivity index (χ1) is 8.24. The van der Waals surface area contributed by atoms with Crippen LogP contribution in [0, 0.1) is 0 Å². The Labute approximate surface area is 99.2 Å². The molecule has 1 amide bonds. The fourth-order valence-corrected chi connectivity index (χ4v) is 1.22. The number of ether oxygens (including phenoxy) is 1. The van der Waals surface area contributed by atoms with Gasteiger partial charge in [0.1, 0.15) is 0 Å². The molecule has 0 saturated heterocycles. The van der Waals surface area contributed by atoms with Crippen molar-refractivity contribution in [3.05, 3.63) is 34.2 Å².